The van der Waals surface area contributed by atoms with Crippen molar-refractivity contribution in [3.8, 4) is 22.6 Å². The summed E-state index contributed by atoms with van der Waals surface area (Å²) in [5, 5.41) is 14.2. The van der Waals surface area contributed by atoms with Gasteiger partial charge in [-0.2, -0.15) is 14.6 Å². The zero-order valence-electron chi connectivity index (χ0n) is 19.7. The lowest BCUT2D eigenvalue weighted by atomic mass is 10.1. The van der Waals surface area contributed by atoms with Crippen LogP contribution < -0.4 is 5.32 Å². The minimum Gasteiger partial charge on any atom is -0.328 e. The normalized spacial score (nSPS) is 11.2. The molecule has 0 aliphatic carbocycles. The first-order valence-electron chi connectivity index (χ1n) is 11.6. The van der Waals surface area contributed by atoms with Crippen molar-refractivity contribution >= 4 is 17.4 Å². The molecule has 0 radical (unpaired) electrons. The van der Waals surface area contributed by atoms with Gasteiger partial charge in [0.2, 0.25) is 5.95 Å². The highest BCUT2D eigenvalue weighted by Gasteiger charge is 2.18. The quantitative estimate of drug-likeness (QED) is 0.311. The number of aromatic amines is 1. The molecule has 0 aliphatic heterocycles. The Hall–Kier alpha value is -5.26. The molecule has 1 aromatic carbocycles. The lowest BCUT2D eigenvalue weighted by Gasteiger charge is -2.10. The molecule has 6 aromatic rings. The number of aromatic nitrogens is 8. The van der Waals surface area contributed by atoms with Crippen molar-refractivity contribution in [1.29, 1.82) is 0 Å². The minimum absolute atomic E-state index is 0.119. The van der Waals surface area contributed by atoms with Gasteiger partial charge in [0.05, 0.1) is 30.1 Å². The third-order valence-electron chi connectivity index (χ3n) is 5.94. The zero-order valence-corrected chi connectivity index (χ0v) is 19.7. The summed E-state index contributed by atoms with van der Waals surface area (Å²) in [6, 6.07) is 12.2. The van der Waals surface area contributed by atoms with Crippen molar-refractivity contribution in [2.75, 3.05) is 5.32 Å². The fourth-order valence-corrected chi connectivity index (χ4v) is 4.10. The van der Waals surface area contributed by atoms with Crippen LogP contribution in [0.1, 0.15) is 15.9 Å². The molecule has 1 amide bonds. The monoisotopic (exact) mass is 511 g/mol. The summed E-state index contributed by atoms with van der Waals surface area (Å²) in [4.78, 5) is 25.0. The van der Waals surface area contributed by atoms with E-state index in [1.54, 1.807) is 41.4 Å². The number of hydrogen-bond donors (Lipinski definition) is 2. The molecule has 0 bridgehead atoms. The highest BCUT2D eigenvalue weighted by Crippen LogP contribution is 2.31. The summed E-state index contributed by atoms with van der Waals surface area (Å²) in [5.41, 5.74) is 4.40. The second-order valence-electron chi connectivity index (χ2n) is 8.47. The van der Waals surface area contributed by atoms with E-state index in [-0.39, 0.29) is 17.2 Å². The molecule has 0 saturated heterocycles. The van der Waals surface area contributed by atoms with E-state index < -0.39 is 11.9 Å². The van der Waals surface area contributed by atoms with E-state index in [1.807, 2.05) is 16.8 Å². The Morgan fingerprint density at radius 2 is 1.92 bits per heavy atom. The second-order valence-corrected chi connectivity index (χ2v) is 8.47. The van der Waals surface area contributed by atoms with Crippen molar-refractivity contribution in [2.45, 2.75) is 13.0 Å². The molecule has 0 spiro atoms. The number of rotatable bonds is 7. The number of aryl methyl sites for hydroxylation is 2. The van der Waals surface area contributed by atoms with Crippen LogP contribution in [0.4, 0.5) is 14.6 Å². The van der Waals surface area contributed by atoms with Gasteiger partial charge in [-0.05, 0) is 54.4 Å². The zero-order chi connectivity index (χ0) is 26.1. The maximum Gasteiger partial charge on any atom is 0.257 e. The van der Waals surface area contributed by atoms with E-state index in [4.69, 9.17) is 5.10 Å². The van der Waals surface area contributed by atoms with Gasteiger partial charge in [0.15, 0.2) is 11.5 Å². The molecule has 188 valence electrons. The van der Waals surface area contributed by atoms with Crippen LogP contribution in [0.2, 0.25) is 0 Å². The van der Waals surface area contributed by atoms with Crippen LogP contribution in [0, 0.1) is 11.8 Å². The highest BCUT2D eigenvalue weighted by atomic mass is 19.1. The molecule has 5 aromatic heterocycles. The molecule has 0 unspecified atom stereocenters. The lowest BCUT2D eigenvalue weighted by Crippen LogP contribution is -2.12. The molecule has 0 aliphatic rings. The van der Waals surface area contributed by atoms with Crippen LogP contribution in [0.15, 0.2) is 79.6 Å². The standard InChI is InChI=1S/C26H19F2N9O/c27-19-3-1-17(2-4-19)24-25(36(15-30-24)10-8-16-12-31-32-13-16)20-5-6-23-33-22(14-37(23)35-20)34-26(38)18-7-9-29-21(28)11-18/h1-7,9,11-15H,8,10H2,(H,31,32)(H,34,38). The molecule has 5 heterocycles. The van der Waals surface area contributed by atoms with Crippen molar-refractivity contribution in [3.63, 3.8) is 0 Å². The van der Waals surface area contributed by atoms with Gasteiger partial charge in [-0.15, -0.1) is 0 Å². The summed E-state index contributed by atoms with van der Waals surface area (Å²) in [6.07, 6.45) is 8.83. The maximum absolute atomic E-state index is 13.6. The first-order valence-corrected chi connectivity index (χ1v) is 11.6. The van der Waals surface area contributed by atoms with Crippen LogP contribution in [0.5, 0.6) is 0 Å². The average molecular weight is 511 g/mol. The Bertz CT molecular complexity index is 1740. The van der Waals surface area contributed by atoms with Gasteiger partial charge in [0.25, 0.3) is 5.91 Å². The number of fused-ring (bicyclic) bond motifs is 1. The predicted molar refractivity (Wildman–Crippen MR) is 134 cm³/mol. The average Bonchev–Trinajstić information content (AvgIpc) is 3.67. The van der Waals surface area contributed by atoms with Crippen LogP contribution in [0.25, 0.3) is 28.3 Å². The van der Waals surface area contributed by atoms with Crippen LogP contribution >= 0.6 is 0 Å². The molecule has 38 heavy (non-hydrogen) atoms. The minimum atomic E-state index is -0.750. The number of carbonyl (C=O) groups excluding carboxylic acids is 1. The summed E-state index contributed by atoms with van der Waals surface area (Å²) >= 11 is 0. The van der Waals surface area contributed by atoms with Gasteiger partial charge in [0, 0.05) is 36.1 Å². The van der Waals surface area contributed by atoms with Gasteiger partial charge in [-0.25, -0.2) is 23.9 Å². The summed E-state index contributed by atoms with van der Waals surface area (Å²) in [5.74, 6) is -1.35. The number of anilines is 1. The van der Waals surface area contributed by atoms with E-state index in [0.717, 1.165) is 22.9 Å². The van der Waals surface area contributed by atoms with Gasteiger partial charge >= 0.3 is 0 Å². The molecular formula is C26H19F2N9O. The third kappa shape index (κ3) is 4.62. The lowest BCUT2D eigenvalue weighted by molar-refractivity contribution is 0.102. The van der Waals surface area contributed by atoms with Gasteiger partial charge in [-0.1, -0.05) is 0 Å². The predicted octanol–water partition coefficient (Wildman–Crippen LogP) is 4.15. The van der Waals surface area contributed by atoms with Crippen molar-refractivity contribution in [1.82, 2.24) is 39.3 Å². The Kier molecular flexibility index (Phi) is 5.88. The molecule has 10 nitrogen and oxygen atoms in total. The van der Waals surface area contributed by atoms with E-state index in [9.17, 15) is 13.6 Å². The van der Waals surface area contributed by atoms with E-state index >= 15 is 0 Å². The topological polar surface area (TPSA) is 119 Å². The Balaban J connectivity index is 1.35. The summed E-state index contributed by atoms with van der Waals surface area (Å²) < 4.78 is 30.5. The number of amides is 1. The van der Waals surface area contributed by atoms with E-state index in [2.05, 4.69) is 30.5 Å². The molecule has 0 fully saturated rings. The van der Waals surface area contributed by atoms with Gasteiger partial charge in [-0.3, -0.25) is 9.89 Å². The van der Waals surface area contributed by atoms with E-state index in [1.165, 1.54) is 24.4 Å². The Labute approximate surface area is 214 Å². The molecule has 12 heteroatoms. The number of H-pyrrole nitrogens is 1. The van der Waals surface area contributed by atoms with Crippen molar-refractivity contribution in [2.24, 2.45) is 0 Å². The van der Waals surface area contributed by atoms with Crippen LogP contribution in [-0.2, 0) is 13.0 Å². The number of halogens is 2. The van der Waals surface area contributed by atoms with E-state index in [0.29, 0.717) is 30.0 Å². The van der Waals surface area contributed by atoms with Crippen LogP contribution in [0.3, 0.4) is 0 Å². The summed E-state index contributed by atoms with van der Waals surface area (Å²) in [6.45, 7) is 0.608. The molecule has 6 rings (SSSR count). The number of carbonyl (C=O) groups is 1. The SMILES string of the molecule is O=C(Nc1cn2nc(-c3c(-c4ccc(F)cc4)ncn3CCc3cn[nH]c3)ccc2n1)c1ccnc(F)c1. The van der Waals surface area contributed by atoms with Crippen molar-refractivity contribution in [3.05, 3.63) is 103 Å². The largest absolute Gasteiger partial charge is 0.328 e. The van der Waals surface area contributed by atoms with Gasteiger partial charge < -0.3 is 9.88 Å². The number of nitrogens with zero attached hydrogens (tertiary/aromatic N) is 7. The second kappa shape index (κ2) is 9.65. The first-order chi connectivity index (χ1) is 18.5. The molecule has 2 N–H and O–H groups in total. The number of pyridine rings is 1. The first kappa shape index (κ1) is 23.2. The third-order valence-corrected chi connectivity index (χ3v) is 5.94. The Morgan fingerprint density at radius 1 is 1.05 bits per heavy atom. The van der Waals surface area contributed by atoms with Gasteiger partial charge in [0.1, 0.15) is 11.5 Å². The number of benzene rings is 1. The Morgan fingerprint density at radius 3 is 2.71 bits per heavy atom. The fraction of sp³-hybridized carbons (Fsp3) is 0.0769. The van der Waals surface area contributed by atoms with Crippen molar-refractivity contribution < 1.29 is 13.6 Å². The number of hydrogen-bond acceptors (Lipinski definition) is 6. The maximum atomic E-state index is 13.6. The number of imidazole rings is 2. The smallest absolute Gasteiger partial charge is 0.257 e. The summed E-state index contributed by atoms with van der Waals surface area (Å²) in [7, 11) is 0. The van der Waals surface area contributed by atoms with Crippen LogP contribution in [-0.4, -0.2) is 45.2 Å². The number of nitrogens with one attached hydrogen (secondary N) is 2. The molecule has 0 saturated carbocycles. The highest BCUT2D eigenvalue weighted by molar-refractivity contribution is 6.03. The fourth-order valence-electron chi connectivity index (χ4n) is 4.10. The molecule has 0 atom stereocenters. The molecular weight excluding hydrogens is 492 g/mol.